The molecule has 0 saturated heterocycles. The van der Waals surface area contributed by atoms with Crippen molar-refractivity contribution in [2.24, 2.45) is 5.73 Å². The number of nitriles is 1. The summed E-state index contributed by atoms with van der Waals surface area (Å²) in [6.45, 7) is 3.38. The lowest BCUT2D eigenvalue weighted by Gasteiger charge is -2.27. The topological polar surface area (TPSA) is 121 Å². The van der Waals surface area contributed by atoms with E-state index in [0.29, 0.717) is 11.3 Å². The van der Waals surface area contributed by atoms with Gasteiger partial charge in [0, 0.05) is 0 Å². The van der Waals surface area contributed by atoms with Crippen molar-refractivity contribution in [3.8, 4) is 11.8 Å². The van der Waals surface area contributed by atoms with Gasteiger partial charge in [-0.1, -0.05) is 6.07 Å². The number of ether oxygens (including phenoxy) is 4. The molecule has 0 aromatic heterocycles. The van der Waals surface area contributed by atoms with E-state index in [4.69, 9.17) is 24.7 Å². The Kier molecular flexibility index (Phi) is 6.08. The maximum Gasteiger partial charge on any atom is 0.341 e. The molecule has 1 atom stereocenters. The number of carbonyl (C=O) groups is 2. The zero-order valence-corrected chi connectivity index (χ0v) is 15.5. The second kappa shape index (κ2) is 8.27. The summed E-state index contributed by atoms with van der Waals surface area (Å²) < 4.78 is 20.4. The van der Waals surface area contributed by atoms with Gasteiger partial charge >= 0.3 is 11.9 Å². The number of nitrogens with zero attached hydrogens (tertiary/aromatic N) is 1. The molecule has 0 fully saturated rings. The molecule has 2 rings (SSSR count). The molecule has 0 spiro atoms. The van der Waals surface area contributed by atoms with Gasteiger partial charge < -0.3 is 24.7 Å². The summed E-state index contributed by atoms with van der Waals surface area (Å²) in [5.41, 5.74) is 6.67. The molecular weight excluding hydrogens is 352 g/mol. The van der Waals surface area contributed by atoms with Crippen LogP contribution in [0.25, 0.3) is 0 Å². The van der Waals surface area contributed by atoms with Crippen molar-refractivity contribution in [1.29, 1.82) is 5.26 Å². The second-order valence-corrected chi connectivity index (χ2v) is 5.57. The maximum absolute atomic E-state index is 12.5. The molecule has 2 N–H and O–H groups in total. The highest BCUT2D eigenvalue weighted by atomic mass is 16.5. The van der Waals surface area contributed by atoms with Gasteiger partial charge in [-0.15, -0.1) is 0 Å². The first-order valence-corrected chi connectivity index (χ1v) is 8.11. The van der Waals surface area contributed by atoms with Gasteiger partial charge in [0.25, 0.3) is 0 Å². The third kappa shape index (κ3) is 3.72. The lowest BCUT2D eigenvalue weighted by Crippen LogP contribution is -2.25. The molecule has 142 valence electrons. The van der Waals surface area contributed by atoms with E-state index < -0.39 is 17.9 Å². The fourth-order valence-electron chi connectivity index (χ4n) is 2.86. The third-order valence-electron chi connectivity index (χ3n) is 4.06. The van der Waals surface area contributed by atoms with Gasteiger partial charge in [-0.3, -0.25) is 0 Å². The number of carbonyl (C=O) groups excluding carboxylic acids is 2. The summed E-state index contributed by atoms with van der Waals surface area (Å²) in [7, 11) is 2.66. The van der Waals surface area contributed by atoms with Gasteiger partial charge in [0.1, 0.15) is 28.7 Å². The van der Waals surface area contributed by atoms with Crippen molar-refractivity contribution >= 4 is 11.9 Å². The average molecular weight is 372 g/mol. The highest BCUT2D eigenvalue weighted by molar-refractivity contribution is 5.94. The zero-order valence-electron chi connectivity index (χ0n) is 15.5. The number of methoxy groups -OCH3 is 2. The molecule has 1 heterocycles. The largest absolute Gasteiger partial charge is 0.496 e. The molecule has 1 aromatic rings. The molecule has 1 unspecified atom stereocenters. The molecule has 1 aromatic carbocycles. The Bertz CT molecular complexity index is 879. The summed E-state index contributed by atoms with van der Waals surface area (Å²) in [5, 5.41) is 9.58. The number of esters is 2. The van der Waals surface area contributed by atoms with Crippen molar-refractivity contribution in [3.63, 3.8) is 0 Å². The fourth-order valence-corrected chi connectivity index (χ4v) is 2.86. The monoisotopic (exact) mass is 372 g/mol. The number of nitrogens with two attached hydrogens (primary N) is 1. The Labute approximate surface area is 156 Å². The second-order valence-electron chi connectivity index (χ2n) is 5.57. The van der Waals surface area contributed by atoms with Gasteiger partial charge in [-0.05, 0) is 31.5 Å². The SMILES string of the molecule is CCOC(=O)C1=C(C)OC(N)=C(C#N)C1c1ccc(OC)c(C(=O)OC)c1. The number of rotatable bonds is 5. The predicted molar refractivity (Wildman–Crippen MR) is 94.3 cm³/mol. The van der Waals surface area contributed by atoms with E-state index in [2.05, 4.69) is 0 Å². The van der Waals surface area contributed by atoms with Crippen LogP contribution >= 0.6 is 0 Å². The van der Waals surface area contributed by atoms with E-state index in [1.165, 1.54) is 20.3 Å². The lowest BCUT2D eigenvalue weighted by molar-refractivity contribution is -0.139. The van der Waals surface area contributed by atoms with Crippen LogP contribution in [0, 0.1) is 11.3 Å². The Balaban J connectivity index is 2.69. The average Bonchev–Trinajstić information content (AvgIpc) is 2.66. The number of hydrogen-bond acceptors (Lipinski definition) is 8. The molecule has 0 amide bonds. The van der Waals surface area contributed by atoms with Crippen molar-refractivity contribution < 1.29 is 28.5 Å². The highest BCUT2D eigenvalue weighted by Crippen LogP contribution is 2.40. The van der Waals surface area contributed by atoms with Crippen LogP contribution in [0.3, 0.4) is 0 Å². The van der Waals surface area contributed by atoms with Crippen LogP contribution in [-0.2, 0) is 19.0 Å². The minimum Gasteiger partial charge on any atom is -0.496 e. The molecule has 0 saturated carbocycles. The lowest BCUT2D eigenvalue weighted by atomic mass is 9.82. The smallest absolute Gasteiger partial charge is 0.341 e. The van der Waals surface area contributed by atoms with Crippen LogP contribution in [0.4, 0.5) is 0 Å². The van der Waals surface area contributed by atoms with Gasteiger partial charge in [0.15, 0.2) is 0 Å². The summed E-state index contributed by atoms with van der Waals surface area (Å²) in [6.07, 6.45) is 0. The number of hydrogen-bond donors (Lipinski definition) is 1. The van der Waals surface area contributed by atoms with E-state index in [0.717, 1.165) is 0 Å². The van der Waals surface area contributed by atoms with Crippen LogP contribution in [0.15, 0.2) is 41.0 Å². The van der Waals surface area contributed by atoms with Crippen LogP contribution in [0.2, 0.25) is 0 Å². The first-order chi connectivity index (χ1) is 12.9. The van der Waals surface area contributed by atoms with Crippen molar-refractivity contribution in [2.75, 3.05) is 20.8 Å². The quantitative estimate of drug-likeness (QED) is 0.780. The van der Waals surface area contributed by atoms with Gasteiger partial charge in [0.2, 0.25) is 5.88 Å². The predicted octanol–water partition coefficient (Wildman–Crippen LogP) is 2.13. The highest BCUT2D eigenvalue weighted by Gasteiger charge is 2.36. The van der Waals surface area contributed by atoms with Crippen LogP contribution in [-0.4, -0.2) is 32.8 Å². The summed E-state index contributed by atoms with van der Waals surface area (Å²) >= 11 is 0. The number of allylic oxidation sites excluding steroid dienone is 2. The fraction of sp³-hybridized carbons (Fsp3) is 0.316. The Morgan fingerprint density at radius 1 is 1.30 bits per heavy atom. The standard InChI is InChI=1S/C19H20N2O6/c1-5-26-19(23)15-10(2)27-17(21)13(9-20)16(15)11-6-7-14(24-3)12(8-11)18(22)25-4/h6-8,16H,5,21H2,1-4H3. The normalized spacial score (nSPS) is 16.3. The summed E-state index contributed by atoms with van der Waals surface area (Å²) in [6, 6.07) is 6.67. The summed E-state index contributed by atoms with van der Waals surface area (Å²) in [5.74, 6) is -1.68. The Morgan fingerprint density at radius 2 is 2.00 bits per heavy atom. The molecule has 1 aliphatic rings. The summed E-state index contributed by atoms with van der Waals surface area (Å²) in [4.78, 5) is 24.6. The van der Waals surface area contributed by atoms with Crippen LogP contribution < -0.4 is 10.5 Å². The van der Waals surface area contributed by atoms with E-state index in [1.54, 1.807) is 26.0 Å². The minimum absolute atomic E-state index is 0.0460. The molecular formula is C19H20N2O6. The van der Waals surface area contributed by atoms with Crippen molar-refractivity contribution in [1.82, 2.24) is 0 Å². The Morgan fingerprint density at radius 3 is 2.56 bits per heavy atom. The van der Waals surface area contributed by atoms with Crippen molar-refractivity contribution in [2.45, 2.75) is 19.8 Å². The third-order valence-corrected chi connectivity index (χ3v) is 4.06. The number of benzene rings is 1. The molecule has 0 radical (unpaired) electrons. The van der Waals surface area contributed by atoms with Crippen LogP contribution in [0.1, 0.15) is 35.7 Å². The molecule has 0 aliphatic carbocycles. The maximum atomic E-state index is 12.5. The first kappa shape index (κ1) is 19.8. The van der Waals surface area contributed by atoms with E-state index in [9.17, 15) is 14.9 Å². The van der Waals surface area contributed by atoms with Gasteiger partial charge in [-0.25, -0.2) is 9.59 Å². The van der Waals surface area contributed by atoms with E-state index in [-0.39, 0.29) is 35.0 Å². The van der Waals surface area contributed by atoms with E-state index >= 15 is 0 Å². The van der Waals surface area contributed by atoms with Crippen molar-refractivity contribution in [3.05, 3.63) is 52.1 Å². The molecule has 27 heavy (non-hydrogen) atoms. The Hall–Kier alpha value is -3.47. The van der Waals surface area contributed by atoms with Gasteiger partial charge in [-0.2, -0.15) is 5.26 Å². The first-order valence-electron chi connectivity index (χ1n) is 8.11. The molecule has 0 bridgehead atoms. The van der Waals surface area contributed by atoms with E-state index in [1.807, 2.05) is 6.07 Å². The zero-order chi connectivity index (χ0) is 20.1. The molecule has 8 heteroatoms. The minimum atomic E-state index is -0.850. The molecule has 1 aliphatic heterocycles. The molecule has 8 nitrogen and oxygen atoms in total. The van der Waals surface area contributed by atoms with Gasteiger partial charge in [0.05, 0.1) is 32.3 Å². The van der Waals surface area contributed by atoms with Crippen LogP contribution in [0.5, 0.6) is 5.75 Å².